The van der Waals surface area contributed by atoms with E-state index in [0.29, 0.717) is 0 Å². The van der Waals surface area contributed by atoms with E-state index in [1.807, 2.05) is 35.2 Å². The first-order valence-electron chi connectivity index (χ1n) is 7.99. The summed E-state index contributed by atoms with van der Waals surface area (Å²) in [5, 5.41) is 3.60. The number of amides is 1. The number of hydrogen-bond acceptors (Lipinski definition) is 2. The maximum Gasteiger partial charge on any atom is 0.228 e. The van der Waals surface area contributed by atoms with Crippen LogP contribution in [0.1, 0.15) is 31.9 Å². The van der Waals surface area contributed by atoms with E-state index in [-0.39, 0.29) is 11.3 Å². The average Bonchev–Trinajstić information content (AvgIpc) is 2.52. The molecule has 1 amide bonds. The van der Waals surface area contributed by atoms with Crippen LogP contribution in [0, 0.1) is 5.41 Å². The molecule has 0 saturated heterocycles. The summed E-state index contributed by atoms with van der Waals surface area (Å²) in [7, 11) is 0. The predicted molar refractivity (Wildman–Crippen MR) is 94.1 cm³/mol. The molecule has 0 bridgehead atoms. The van der Waals surface area contributed by atoms with Gasteiger partial charge in [0.25, 0.3) is 0 Å². The van der Waals surface area contributed by atoms with Gasteiger partial charge in [0, 0.05) is 23.6 Å². The number of nitrogens with zero attached hydrogens (tertiary/aromatic N) is 1. The monoisotopic (exact) mass is 304 g/mol. The van der Waals surface area contributed by atoms with E-state index in [1.165, 1.54) is 5.56 Å². The number of benzene rings is 2. The molecule has 2 aliphatic rings. The summed E-state index contributed by atoms with van der Waals surface area (Å²) in [5.41, 5.74) is 6.45. The minimum Gasteiger partial charge on any atom is -0.355 e. The first-order chi connectivity index (χ1) is 11.0. The second-order valence-electron chi connectivity index (χ2n) is 6.94. The van der Waals surface area contributed by atoms with Crippen molar-refractivity contribution in [2.24, 2.45) is 5.41 Å². The van der Waals surface area contributed by atoms with Crippen LogP contribution in [0.4, 0.5) is 11.4 Å². The van der Waals surface area contributed by atoms with E-state index >= 15 is 0 Å². The molecule has 1 heterocycles. The quantitative estimate of drug-likeness (QED) is 0.781. The molecular weight excluding hydrogens is 284 g/mol. The van der Waals surface area contributed by atoms with Crippen LogP contribution in [0.5, 0.6) is 0 Å². The van der Waals surface area contributed by atoms with Crippen LogP contribution in [0.3, 0.4) is 0 Å². The Labute approximate surface area is 136 Å². The molecular formula is C20H20N2O. The Morgan fingerprint density at radius 2 is 1.78 bits per heavy atom. The number of carbonyl (C=O) groups excluding carboxylic acids is 1. The minimum absolute atomic E-state index is 0.0407. The number of anilines is 2. The molecule has 1 N–H and O–H groups in total. The van der Waals surface area contributed by atoms with Crippen molar-refractivity contribution in [2.45, 2.75) is 27.2 Å². The number of allylic oxidation sites excluding steroid dienone is 1. The lowest BCUT2D eigenvalue weighted by molar-refractivity contribution is -0.115. The summed E-state index contributed by atoms with van der Waals surface area (Å²) in [6, 6.07) is 16.4. The number of fused-ring (bicyclic) bond motifs is 3. The molecule has 0 saturated carbocycles. The Bertz CT molecular complexity index is 848. The van der Waals surface area contributed by atoms with Gasteiger partial charge >= 0.3 is 0 Å². The fourth-order valence-corrected chi connectivity index (χ4v) is 3.74. The van der Waals surface area contributed by atoms with Gasteiger partial charge in [-0.05, 0) is 24.1 Å². The first-order valence-corrected chi connectivity index (χ1v) is 7.99. The van der Waals surface area contributed by atoms with Crippen LogP contribution >= 0.6 is 0 Å². The number of carbonyl (C=O) groups is 1. The van der Waals surface area contributed by atoms with Gasteiger partial charge < -0.3 is 5.32 Å². The van der Waals surface area contributed by atoms with Gasteiger partial charge in [-0.3, -0.25) is 9.69 Å². The molecule has 0 fully saturated rings. The molecule has 4 rings (SSSR count). The van der Waals surface area contributed by atoms with Gasteiger partial charge in [0.2, 0.25) is 5.91 Å². The van der Waals surface area contributed by atoms with Crippen molar-refractivity contribution in [3.63, 3.8) is 0 Å². The lowest BCUT2D eigenvalue weighted by Gasteiger charge is -2.44. The Balaban J connectivity index is 2.04. The summed E-state index contributed by atoms with van der Waals surface area (Å²) in [5.74, 6) is 0.0407. The molecule has 116 valence electrons. The average molecular weight is 304 g/mol. The normalized spacial score (nSPS) is 17.8. The molecule has 3 heteroatoms. The van der Waals surface area contributed by atoms with Crippen molar-refractivity contribution in [3.05, 3.63) is 65.4 Å². The van der Waals surface area contributed by atoms with Crippen molar-refractivity contribution in [3.8, 4) is 0 Å². The molecule has 2 aromatic rings. The maximum absolute atomic E-state index is 12.5. The number of rotatable bonds is 0. The molecule has 23 heavy (non-hydrogen) atoms. The third-order valence-corrected chi connectivity index (χ3v) is 4.76. The predicted octanol–water partition coefficient (Wildman–Crippen LogP) is 4.42. The number of hydrogen-bond donors (Lipinski definition) is 1. The minimum atomic E-state index is -0.0507. The van der Waals surface area contributed by atoms with E-state index in [4.69, 9.17) is 0 Å². The summed E-state index contributed by atoms with van der Waals surface area (Å²) in [6.07, 6.45) is 0.961. The number of para-hydroxylation sites is 2. The van der Waals surface area contributed by atoms with Crippen LogP contribution in [0.2, 0.25) is 0 Å². The first kappa shape index (κ1) is 14.1. The topological polar surface area (TPSA) is 32.3 Å². The van der Waals surface area contributed by atoms with E-state index < -0.39 is 0 Å². The van der Waals surface area contributed by atoms with E-state index in [9.17, 15) is 4.79 Å². The molecule has 0 atom stereocenters. The molecule has 1 aliphatic heterocycles. The highest BCUT2D eigenvalue weighted by Gasteiger charge is 2.40. The van der Waals surface area contributed by atoms with E-state index in [0.717, 1.165) is 34.8 Å². The van der Waals surface area contributed by atoms with Crippen molar-refractivity contribution in [2.75, 3.05) is 10.2 Å². The van der Waals surface area contributed by atoms with Crippen molar-refractivity contribution in [1.82, 2.24) is 0 Å². The molecule has 1 aliphatic carbocycles. The lowest BCUT2D eigenvalue weighted by Crippen LogP contribution is -2.40. The molecule has 0 unspecified atom stereocenters. The van der Waals surface area contributed by atoms with Crippen molar-refractivity contribution < 1.29 is 4.79 Å². The highest BCUT2D eigenvalue weighted by Crippen LogP contribution is 2.49. The highest BCUT2D eigenvalue weighted by molar-refractivity contribution is 6.11. The molecule has 3 nitrogen and oxygen atoms in total. The van der Waals surface area contributed by atoms with Gasteiger partial charge in [0.1, 0.15) is 0 Å². The molecule has 0 aromatic heterocycles. The Kier molecular flexibility index (Phi) is 2.89. The molecule has 0 radical (unpaired) electrons. The third-order valence-electron chi connectivity index (χ3n) is 4.76. The zero-order valence-electron chi connectivity index (χ0n) is 13.7. The van der Waals surface area contributed by atoms with Crippen LogP contribution in [0.25, 0.3) is 5.70 Å². The van der Waals surface area contributed by atoms with E-state index in [1.54, 1.807) is 6.92 Å². The van der Waals surface area contributed by atoms with Gasteiger partial charge in [-0.1, -0.05) is 50.2 Å². The Morgan fingerprint density at radius 1 is 1.09 bits per heavy atom. The lowest BCUT2D eigenvalue weighted by atomic mass is 9.74. The van der Waals surface area contributed by atoms with Gasteiger partial charge in [0.15, 0.2) is 0 Å². The summed E-state index contributed by atoms with van der Waals surface area (Å²) < 4.78 is 0. The smallest absolute Gasteiger partial charge is 0.228 e. The fraction of sp³-hybridized carbons (Fsp3) is 0.250. The van der Waals surface area contributed by atoms with Gasteiger partial charge in [0.05, 0.1) is 17.1 Å². The van der Waals surface area contributed by atoms with Crippen LogP contribution in [0.15, 0.2) is 54.2 Å². The molecule has 0 spiro atoms. The molecule has 2 aromatic carbocycles. The fourth-order valence-electron chi connectivity index (χ4n) is 3.74. The summed E-state index contributed by atoms with van der Waals surface area (Å²) >= 11 is 0. The second-order valence-corrected chi connectivity index (χ2v) is 6.94. The van der Waals surface area contributed by atoms with Gasteiger partial charge in [-0.15, -0.1) is 0 Å². The maximum atomic E-state index is 12.5. The highest BCUT2D eigenvalue weighted by atomic mass is 16.2. The standard InChI is InChI=1S/C20H20N2O/c1-13(23)22-17-11-7-6-10-16(17)21-19-18(22)15-9-5-4-8-14(15)12-20(19,2)3/h4-11,21H,12H2,1-3H3. The Morgan fingerprint density at radius 3 is 2.57 bits per heavy atom. The third kappa shape index (κ3) is 2.00. The largest absolute Gasteiger partial charge is 0.355 e. The van der Waals surface area contributed by atoms with Crippen molar-refractivity contribution in [1.29, 1.82) is 0 Å². The van der Waals surface area contributed by atoms with Crippen LogP contribution in [-0.4, -0.2) is 5.91 Å². The zero-order valence-corrected chi connectivity index (χ0v) is 13.7. The SMILES string of the molecule is CC(=O)N1C2=C(Nc3ccccc31)C(C)(C)Cc1ccccc12. The number of nitrogens with one attached hydrogen (secondary N) is 1. The Hall–Kier alpha value is -2.55. The van der Waals surface area contributed by atoms with Gasteiger partial charge in [-0.25, -0.2) is 0 Å². The van der Waals surface area contributed by atoms with E-state index in [2.05, 4.69) is 37.4 Å². The van der Waals surface area contributed by atoms with Crippen LogP contribution in [-0.2, 0) is 11.2 Å². The van der Waals surface area contributed by atoms with Crippen LogP contribution < -0.4 is 10.2 Å². The summed E-state index contributed by atoms with van der Waals surface area (Å²) in [6.45, 7) is 6.10. The van der Waals surface area contributed by atoms with Crippen molar-refractivity contribution >= 4 is 23.0 Å². The second kappa shape index (κ2) is 4.72. The summed E-state index contributed by atoms with van der Waals surface area (Å²) in [4.78, 5) is 14.4. The van der Waals surface area contributed by atoms with Gasteiger partial charge in [-0.2, -0.15) is 0 Å². The zero-order chi connectivity index (χ0) is 16.2.